The second kappa shape index (κ2) is 6.71. The third-order valence-corrected chi connectivity index (χ3v) is 3.83. The van der Waals surface area contributed by atoms with Crippen LogP contribution in [0.1, 0.15) is 36.0 Å². The van der Waals surface area contributed by atoms with Crippen molar-refractivity contribution in [2.75, 3.05) is 20.6 Å². The van der Waals surface area contributed by atoms with Gasteiger partial charge in [-0.2, -0.15) is 0 Å². The molecule has 1 N–H and O–H groups in total. The molecule has 2 rings (SSSR count). The molecule has 0 saturated carbocycles. The quantitative estimate of drug-likeness (QED) is 0.795. The van der Waals surface area contributed by atoms with Crippen molar-refractivity contribution < 1.29 is 4.79 Å². The van der Waals surface area contributed by atoms with Gasteiger partial charge in [-0.1, -0.05) is 18.2 Å². The summed E-state index contributed by atoms with van der Waals surface area (Å²) < 4.78 is 0. The van der Waals surface area contributed by atoms with E-state index in [1.807, 2.05) is 19.0 Å². The zero-order valence-electron chi connectivity index (χ0n) is 12.0. The molecule has 0 spiro atoms. The Hall–Kier alpha value is -1.35. The van der Waals surface area contributed by atoms with Gasteiger partial charge in [-0.15, -0.1) is 0 Å². The molecule has 1 aromatic rings. The molecule has 0 atom stereocenters. The summed E-state index contributed by atoms with van der Waals surface area (Å²) in [4.78, 5) is 13.8. The number of benzene rings is 1. The van der Waals surface area contributed by atoms with E-state index in [4.69, 9.17) is 0 Å². The van der Waals surface area contributed by atoms with Crippen molar-refractivity contribution in [3.05, 3.63) is 34.9 Å². The highest BCUT2D eigenvalue weighted by Gasteiger charge is 2.13. The van der Waals surface area contributed by atoms with Gasteiger partial charge in [-0.3, -0.25) is 4.79 Å². The fourth-order valence-corrected chi connectivity index (χ4v) is 2.69. The van der Waals surface area contributed by atoms with Crippen molar-refractivity contribution in [3.8, 4) is 0 Å². The van der Waals surface area contributed by atoms with E-state index in [-0.39, 0.29) is 5.91 Å². The molecular weight excluding hydrogens is 236 g/mol. The minimum absolute atomic E-state index is 0.232. The number of nitrogens with zero attached hydrogens (tertiary/aromatic N) is 1. The van der Waals surface area contributed by atoms with Crippen molar-refractivity contribution in [2.24, 2.45) is 0 Å². The fraction of sp³-hybridized carbons (Fsp3) is 0.562. The Morgan fingerprint density at radius 1 is 1.32 bits per heavy atom. The molecule has 19 heavy (non-hydrogen) atoms. The van der Waals surface area contributed by atoms with Gasteiger partial charge in [0, 0.05) is 20.0 Å². The standard InChI is InChI=1S/C16H24N2O/c1-17-10-4-7-16(19)18(2)12-13-8-9-14-5-3-6-15(14)11-13/h8-9,11,17H,3-7,10,12H2,1-2H3. The predicted molar refractivity (Wildman–Crippen MR) is 78.1 cm³/mol. The summed E-state index contributed by atoms with van der Waals surface area (Å²) in [5.41, 5.74) is 4.23. The van der Waals surface area contributed by atoms with E-state index in [2.05, 4.69) is 23.5 Å². The summed E-state index contributed by atoms with van der Waals surface area (Å²) in [6.45, 7) is 1.63. The van der Waals surface area contributed by atoms with Gasteiger partial charge in [0.1, 0.15) is 0 Å². The normalized spacial score (nSPS) is 13.4. The lowest BCUT2D eigenvalue weighted by Gasteiger charge is -2.18. The maximum atomic E-state index is 12.0. The Balaban J connectivity index is 1.88. The number of amides is 1. The van der Waals surface area contributed by atoms with Crippen molar-refractivity contribution >= 4 is 5.91 Å². The summed E-state index contributed by atoms with van der Waals surface area (Å²) in [6, 6.07) is 6.68. The lowest BCUT2D eigenvalue weighted by molar-refractivity contribution is -0.130. The molecule has 1 aromatic carbocycles. The number of hydrogen-bond acceptors (Lipinski definition) is 2. The second-order valence-electron chi connectivity index (χ2n) is 5.41. The first-order valence-electron chi connectivity index (χ1n) is 7.20. The summed E-state index contributed by atoms with van der Waals surface area (Å²) in [5.74, 6) is 0.232. The number of carbonyl (C=O) groups excluding carboxylic acids is 1. The molecule has 0 bridgehead atoms. The summed E-state index contributed by atoms with van der Waals surface area (Å²) >= 11 is 0. The van der Waals surface area contributed by atoms with Gasteiger partial charge in [0.2, 0.25) is 5.91 Å². The molecule has 3 nitrogen and oxygen atoms in total. The predicted octanol–water partition coefficient (Wildman–Crippen LogP) is 2.13. The highest BCUT2D eigenvalue weighted by atomic mass is 16.2. The largest absolute Gasteiger partial charge is 0.341 e. The molecule has 3 heteroatoms. The number of aryl methyl sites for hydroxylation is 2. The van der Waals surface area contributed by atoms with Crippen LogP contribution in [-0.2, 0) is 24.2 Å². The number of nitrogens with one attached hydrogen (secondary N) is 1. The van der Waals surface area contributed by atoms with Gasteiger partial charge in [0.15, 0.2) is 0 Å². The first-order valence-corrected chi connectivity index (χ1v) is 7.20. The smallest absolute Gasteiger partial charge is 0.222 e. The van der Waals surface area contributed by atoms with Gasteiger partial charge in [-0.05, 0) is 56.0 Å². The summed E-state index contributed by atoms with van der Waals surface area (Å²) in [7, 11) is 3.81. The Morgan fingerprint density at radius 3 is 2.89 bits per heavy atom. The highest BCUT2D eigenvalue weighted by molar-refractivity contribution is 5.75. The van der Waals surface area contributed by atoms with E-state index in [0.29, 0.717) is 6.42 Å². The maximum absolute atomic E-state index is 12.0. The van der Waals surface area contributed by atoms with Crippen LogP contribution in [0.4, 0.5) is 0 Å². The topological polar surface area (TPSA) is 32.3 Å². The maximum Gasteiger partial charge on any atom is 0.222 e. The van der Waals surface area contributed by atoms with Gasteiger partial charge in [0.05, 0.1) is 0 Å². The zero-order valence-corrected chi connectivity index (χ0v) is 12.0. The third-order valence-electron chi connectivity index (χ3n) is 3.83. The van der Waals surface area contributed by atoms with Crippen LogP contribution >= 0.6 is 0 Å². The first-order chi connectivity index (χ1) is 9.20. The Kier molecular flexibility index (Phi) is 4.97. The summed E-state index contributed by atoms with van der Waals surface area (Å²) in [5, 5.41) is 3.07. The van der Waals surface area contributed by atoms with Crippen molar-refractivity contribution in [1.29, 1.82) is 0 Å². The zero-order chi connectivity index (χ0) is 13.7. The average molecular weight is 260 g/mol. The number of fused-ring (bicyclic) bond motifs is 1. The van der Waals surface area contributed by atoms with Gasteiger partial charge in [0.25, 0.3) is 0 Å². The molecule has 1 amide bonds. The number of rotatable bonds is 6. The molecule has 0 fully saturated rings. The molecule has 0 aromatic heterocycles. The van der Waals surface area contributed by atoms with E-state index in [9.17, 15) is 4.79 Å². The van der Waals surface area contributed by atoms with E-state index in [1.54, 1.807) is 0 Å². The first kappa shape index (κ1) is 14.1. The van der Waals surface area contributed by atoms with Gasteiger partial charge in [-0.25, -0.2) is 0 Å². The second-order valence-corrected chi connectivity index (χ2v) is 5.41. The van der Waals surface area contributed by atoms with Gasteiger partial charge < -0.3 is 10.2 Å². The lowest BCUT2D eigenvalue weighted by Crippen LogP contribution is -2.26. The SMILES string of the molecule is CNCCCC(=O)N(C)Cc1ccc2c(c1)CCC2. The number of hydrogen-bond donors (Lipinski definition) is 1. The summed E-state index contributed by atoms with van der Waals surface area (Å²) in [6.07, 6.45) is 5.22. The molecular formula is C16H24N2O. The van der Waals surface area contributed by atoms with Crippen molar-refractivity contribution in [3.63, 3.8) is 0 Å². The van der Waals surface area contributed by atoms with Crippen LogP contribution in [0.5, 0.6) is 0 Å². The van der Waals surface area contributed by atoms with E-state index in [0.717, 1.165) is 19.5 Å². The molecule has 0 aliphatic heterocycles. The van der Waals surface area contributed by atoms with Crippen LogP contribution in [-0.4, -0.2) is 31.4 Å². The van der Waals surface area contributed by atoms with E-state index in [1.165, 1.54) is 36.0 Å². The van der Waals surface area contributed by atoms with Crippen molar-refractivity contribution in [1.82, 2.24) is 10.2 Å². The Labute approximate surface area is 116 Å². The Morgan fingerprint density at radius 2 is 2.11 bits per heavy atom. The van der Waals surface area contributed by atoms with Crippen LogP contribution < -0.4 is 5.32 Å². The van der Waals surface area contributed by atoms with Crippen molar-refractivity contribution in [2.45, 2.75) is 38.6 Å². The monoisotopic (exact) mass is 260 g/mol. The Bertz CT molecular complexity index is 442. The van der Waals surface area contributed by atoms with Crippen LogP contribution in [0, 0.1) is 0 Å². The van der Waals surface area contributed by atoms with Crippen LogP contribution in [0.2, 0.25) is 0 Å². The molecule has 104 valence electrons. The molecule has 0 radical (unpaired) electrons. The molecule has 1 aliphatic carbocycles. The molecule has 0 unspecified atom stereocenters. The molecule has 0 heterocycles. The van der Waals surface area contributed by atoms with E-state index >= 15 is 0 Å². The van der Waals surface area contributed by atoms with Crippen LogP contribution in [0.15, 0.2) is 18.2 Å². The number of carbonyl (C=O) groups is 1. The van der Waals surface area contributed by atoms with Gasteiger partial charge >= 0.3 is 0 Å². The van der Waals surface area contributed by atoms with E-state index < -0.39 is 0 Å². The molecule has 1 aliphatic rings. The highest BCUT2D eigenvalue weighted by Crippen LogP contribution is 2.23. The third kappa shape index (κ3) is 3.80. The fourth-order valence-electron chi connectivity index (χ4n) is 2.69. The average Bonchev–Trinajstić information content (AvgIpc) is 2.86. The lowest BCUT2D eigenvalue weighted by atomic mass is 10.1. The minimum Gasteiger partial charge on any atom is -0.341 e. The van der Waals surface area contributed by atoms with Crippen LogP contribution in [0.25, 0.3) is 0 Å². The minimum atomic E-state index is 0.232. The molecule has 0 saturated heterocycles. The van der Waals surface area contributed by atoms with Crippen LogP contribution in [0.3, 0.4) is 0 Å².